The lowest BCUT2D eigenvalue weighted by Crippen LogP contribution is -2.36. The second-order valence-electron chi connectivity index (χ2n) is 8.43. The number of carboxylic acid groups (broad SMARTS) is 1. The van der Waals surface area contributed by atoms with Crippen LogP contribution in [0.2, 0.25) is 0 Å². The summed E-state index contributed by atoms with van der Waals surface area (Å²) < 4.78 is 7.27. The summed E-state index contributed by atoms with van der Waals surface area (Å²) in [5.41, 5.74) is 3.04. The van der Waals surface area contributed by atoms with E-state index in [2.05, 4.69) is 5.32 Å². The van der Waals surface area contributed by atoms with E-state index in [-0.39, 0.29) is 23.8 Å². The fraction of sp³-hybridized carbons (Fsp3) is 0.111. The van der Waals surface area contributed by atoms with Crippen LogP contribution in [-0.2, 0) is 16.1 Å². The number of carbonyl (C=O) groups excluding carboxylic acids is 3. The van der Waals surface area contributed by atoms with Crippen LogP contribution in [0.15, 0.2) is 76.2 Å². The number of para-hydroxylation sites is 2. The van der Waals surface area contributed by atoms with Gasteiger partial charge < -0.3 is 19.4 Å². The Hall–Kier alpha value is -4.57. The molecule has 0 aliphatic carbocycles. The number of rotatable bonds is 7. The number of aromatic carboxylic acids is 1. The first kappa shape index (κ1) is 24.1. The number of anilines is 1. The molecule has 1 aliphatic rings. The minimum atomic E-state index is -1.15. The molecular weight excluding hydrogens is 494 g/mol. The number of carboxylic acids is 1. The monoisotopic (exact) mass is 515 g/mol. The number of nitrogens with zero attached hydrogens (tertiary/aromatic N) is 2. The van der Waals surface area contributed by atoms with Gasteiger partial charge in [-0.3, -0.25) is 19.3 Å². The third kappa shape index (κ3) is 4.91. The maximum atomic E-state index is 13.0. The van der Waals surface area contributed by atoms with E-state index in [0.717, 1.165) is 33.1 Å². The van der Waals surface area contributed by atoms with Crippen LogP contribution in [0.3, 0.4) is 0 Å². The molecule has 9 nitrogen and oxygen atoms in total. The average molecular weight is 516 g/mol. The van der Waals surface area contributed by atoms with Crippen molar-refractivity contribution < 1.29 is 28.7 Å². The zero-order valence-corrected chi connectivity index (χ0v) is 20.5. The zero-order valence-electron chi connectivity index (χ0n) is 19.6. The Kier molecular flexibility index (Phi) is 6.41. The molecule has 10 heteroatoms. The highest BCUT2D eigenvalue weighted by atomic mass is 32.2. The van der Waals surface area contributed by atoms with Crippen molar-refractivity contribution in [1.29, 1.82) is 0 Å². The predicted molar refractivity (Wildman–Crippen MR) is 139 cm³/mol. The summed E-state index contributed by atoms with van der Waals surface area (Å²) in [6.45, 7) is 1.75. The van der Waals surface area contributed by atoms with Crippen LogP contribution < -0.4 is 5.32 Å². The zero-order chi connectivity index (χ0) is 26.1. The van der Waals surface area contributed by atoms with Crippen molar-refractivity contribution in [1.82, 2.24) is 9.47 Å². The number of hydrogen-bond donors (Lipinski definition) is 2. The normalized spacial score (nSPS) is 14.6. The molecule has 186 valence electrons. The third-order valence-electron chi connectivity index (χ3n) is 5.90. The molecule has 37 heavy (non-hydrogen) atoms. The van der Waals surface area contributed by atoms with Gasteiger partial charge in [-0.2, -0.15) is 0 Å². The number of aryl methyl sites for hydroxylation is 1. The maximum absolute atomic E-state index is 13.0. The van der Waals surface area contributed by atoms with E-state index >= 15 is 0 Å². The van der Waals surface area contributed by atoms with Crippen molar-refractivity contribution in [3.63, 3.8) is 0 Å². The summed E-state index contributed by atoms with van der Waals surface area (Å²) in [5, 5.41) is 12.2. The second-order valence-corrected chi connectivity index (χ2v) is 9.42. The molecule has 0 saturated carbocycles. The van der Waals surface area contributed by atoms with Gasteiger partial charge in [0.25, 0.3) is 11.1 Å². The number of aromatic nitrogens is 1. The Bertz CT molecular complexity index is 1600. The number of amides is 3. The number of imide groups is 1. The fourth-order valence-corrected chi connectivity index (χ4v) is 4.92. The standard InChI is InChI=1S/C27H21N3O6S/c1-16-6-2-4-8-20(16)28-24(31)15-30-25(32)23(37-27(30)35)12-17-13-29(21-9-5-3-7-19(17)21)14-18-10-11-22(36-18)26(33)34/h2-13H,14-15H2,1H3,(H,28,31)(H,33,34)/b23-12-. The van der Waals surface area contributed by atoms with Gasteiger partial charge in [-0.25, -0.2) is 4.79 Å². The van der Waals surface area contributed by atoms with Gasteiger partial charge in [0.1, 0.15) is 12.3 Å². The van der Waals surface area contributed by atoms with Gasteiger partial charge in [0.15, 0.2) is 0 Å². The van der Waals surface area contributed by atoms with Gasteiger partial charge in [0.2, 0.25) is 11.7 Å². The van der Waals surface area contributed by atoms with Gasteiger partial charge in [0.05, 0.1) is 11.4 Å². The molecule has 2 aromatic carbocycles. The van der Waals surface area contributed by atoms with Crippen molar-refractivity contribution >= 4 is 57.5 Å². The number of fused-ring (bicyclic) bond motifs is 1. The minimum Gasteiger partial charge on any atom is -0.475 e. The molecule has 0 radical (unpaired) electrons. The number of thioether (sulfide) groups is 1. The van der Waals surface area contributed by atoms with Gasteiger partial charge in [-0.05, 0) is 54.6 Å². The molecule has 1 fully saturated rings. The van der Waals surface area contributed by atoms with Crippen molar-refractivity contribution in [2.75, 3.05) is 11.9 Å². The topological polar surface area (TPSA) is 122 Å². The SMILES string of the molecule is Cc1ccccc1NC(=O)CN1C(=O)S/C(=C\c2cn(Cc3ccc(C(=O)O)o3)c3ccccc23)C1=O. The Balaban J connectivity index is 1.37. The first-order valence-corrected chi connectivity index (χ1v) is 12.1. The predicted octanol–water partition coefficient (Wildman–Crippen LogP) is 4.96. The van der Waals surface area contributed by atoms with Crippen molar-refractivity contribution in [2.45, 2.75) is 13.5 Å². The lowest BCUT2D eigenvalue weighted by Gasteiger charge is -2.13. The molecule has 3 amide bonds. The smallest absolute Gasteiger partial charge is 0.371 e. The van der Waals surface area contributed by atoms with Crippen LogP contribution in [0.5, 0.6) is 0 Å². The highest BCUT2D eigenvalue weighted by Gasteiger charge is 2.36. The van der Waals surface area contributed by atoms with E-state index in [4.69, 9.17) is 9.52 Å². The van der Waals surface area contributed by atoms with E-state index in [1.54, 1.807) is 24.3 Å². The van der Waals surface area contributed by atoms with Crippen molar-refractivity contribution in [3.05, 3.63) is 94.4 Å². The number of nitrogens with one attached hydrogen (secondary N) is 1. The van der Waals surface area contributed by atoms with E-state index in [0.29, 0.717) is 17.0 Å². The van der Waals surface area contributed by atoms with Crippen LogP contribution in [0.25, 0.3) is 17.0 Å². The highest BCUT2D eigenvalue weighted by molar-refractivity contribution is 8.18. The Morgan fingerprint density at radius 3 is 2.57 bits per heavy atom. The molecule has 0 bridgehead atoms. The molecule has 1 aliphatic heterocycles. The molecule has 1 saturated heterocycles. The van der Waals surface area contributed by atoms with E-state index < -0.39 is 23.0 Å². The number of carbonyl (C=O) groups is 4. The number of benzene rings is 2. The quantitative estimate of drug-likeness (QED) is 0.334. The first-order valence-electron chi connectivity index (χ1n) is 11.3. The second kappa shape index (κ2) is 9.82. The molecule has 0 unspecified atom stereocenters. The number of furan rings is 1. The van der Waals surface area contributed by atoms with Gasteiger partial charge in [0, 0.05) is 28.4 Å². The molecule has 0 atom stereocenters. The van der Waals surface area contributed by atoms with E-state index in [9.17, 15) is 19.2 Å². The molecule has 2 N–H and O–H groups in total. The lowest BCUT2D eigenvalue weighted by atomic mass is 10.1. The Morgan fingerprint density at radius 1 is 1.05 bits per heavy atom. The first-order chi connectivity index (χ1) is 17.8. The molecule has 0 spiro atoms. The average Bonchev–Trinajstić information content (AvgIpc) is 3.55. The summed E-state index contributed by atoms with van der Waals surface area (Å²) in [7, 11) is 0. The van der Waals surface area contributed by atoms with Crippen LogP contribution in [0.4, 0.5) is 10.5 Å². The van der Waals surface area contributed by atoms with Crippen LogP contribution >= 0.6 is 11.8 Å². The molecule has 3 heterocycles. The van der Waals surface area contributed by atoms with Gasteiger partial charge >= 0.3 is 5.97 Å². The van der Waals surface area contributed by atoms with Crippen molar-refractivity contribution in [2.24, 2.45) is 0 Å². The lowest BCUT2D eigenvalue weighted by molar-refractivity contribution is -0.127. The third-order valence-corrected chi connectivity index (χ3v) is 6.81. The van der Waals surface area contributed by atoms with E-state index in [1.807, 2.05) is 54.1 Å². The van der Waals surface area contributed by atoms with E-state index in [1.165, 1.54) is 6.07 Å². The summed E-state index contributed by atoms with van der Waals surface area (Å²) in [6, 6.07) is 17.8. The van der Waals surface area contributed by atoms with Crippen molar-refractivity contribution in [3.8, 4) is 0 Å². The Morgan fingerprint density at radius 2 is 1.81 bits per heavy atom. The fourth-order valence-electron chi connectivity index (χ4n) is 4.09. The molecule has 5 rings (SSSR count). The largest absolute Gasteiger partial charge is 0.475 e. The maximum Gasteiger partial charge on any atom is 0.371 e. The molecule has 2 aromatic heterocycles. The minimum absolute atomic E-state index is 0.146. The summed E-state index contributed by atoms with van der Waals surface area (Å²) >= 11 is 0.782. The van der Waals surface area contributed by atoms with Gasteiger partial charge in [-0.1, -0.05) is 36.4 Å². The Labute approximate surface area is 215 Å². The van der Waals surface area contributed by atoms with Crippen LogP contribution in [0.1, 0.15) is 27.4 Å². The summed E-state index contributed by atoms with van der Waals surface area (Å²) in [5.74, 6) is -1.83. The highest BCUT2D eigenvalue weighted by Crippen LogP contribution is 2.34. The summed E-state index contributed by atoms with van der Waals surface area (Å²) in [4.78, 5) is 50.4. The van der Waals surface area contributed by atoms with Gasteiger partial charge in [-0.15, -0.1) is 0 Å². The van der Waals surface area contributed by atoms with Crippen LogP contribution in [-0.4, -0.2) is 44.1 Å². The summed E-state index contributed by atoms with van der Waals surface area (Å²) in [6.07, 6.45) is 3.44. The number of hydrogen-bond acceptors (Lipinski definition) is 6. The molecular formula is C27H21N3O6S. The van der Waals surface area contributed by atoms with Crippen LogP contribution in [0, 0.1) is 6.92 Å². The molecule has 4 aromatic rings.